The number of nitrogens with one attached hydrogen (secondary N) is 3. The molecule has 30 heavy (non-hydrogen) atoms. The number of carbonyl (C=O) groups is 4. The molecule has 0 bridgehead atoms. The molecule has 3 aromatic rings. The molecule has 10 heteroatoms. The van der Waals surface area contributed by atoms with Crippen LogP contribution in [0.3, 0.4) is 0 Å². The van der Waals surface area contributed by atoms with Crippen LogP contribution in [0.1, 0.15) is 25.8 Å². The highest BCUT2D eigenvalue weighted by Gasteiger charge is 2.14. The molecule has 0 aliphatic rings. The van der Waals surface area contributed by atoms with Gasteiger partial charge in [0, 0.05) is 5.69 Å². The predicted octanol–water partition coefficient (Wildman–Crippen LogP) is 2.78. The highest BCUT2D eigenvalue weighted by molar-refractivity contribution is 7.12. The third-order valence-corrected chi connectivity index (χ3v) is 4.56. The summed E-state index contributed by atoms with van der Waals surface area (Å²) in [4.78, 5) is 48.2. The lowest BCUT2D eigenvalue weighted by molar-refractivity contribution is -0.123. The van der Waals surface area contributed by atoms with E-state index in [1.54, 1.807) is 41.8 Å². The molecule has 2 heterocycles. The number of carbonyl (C=O) groups excluding carboxylic acids is 4. The van der Waals surface area contributed by atoms with Crippen molar-refractivity contribution < 1.29 is 28.3 Å². The molecule has 1 aromatic carbocycles. The fraction of sp³-hybridized carbons (Fsp3) is 0.100. The van der Waals surface area contributed by atoms with E-state index in [1.165, 1.54) is 29.7 Å². The number of furan rings is 1. The van der Waals surface area contributed by atoms with Crippen molar-refractivity contribution in [3.05, 3.63) is 76.4 Å². The van der Waals surface area contributed by atoms with Gasteiger partial charge in [0.05, 0.1) is 23.2 Å². The minimum absolute atomic E-state index is 0.107. The van der Waals surface area contributed by atoms with Crippen molar-refractivity contribution >= 4 is 40.8 Å². The summed E-state index contributed by atoms with van der Waals surface area (Å²) < 4.78 is 9.96. The van der Waals surface area contributed by atoms with Gasteiger partial charge in [-0.25, -0.2) is 9.59 Å². The van der Waals surface area contributed by atoms with E-state index in [-0.39, 0.29) is 18.0 Å². The van der Waals surface area contributed by atoms with Crippen molar-refractivity contribution in [2.75, 3.05) is 11.9 Å². The quantitative estimate of drug-likeness (QED) is 0.498. The minimum Gasteiger partial charge on any atom is -0.467 e. The van der Waals surface area contributed by atoms with Crippen molar-refractivity contribution in [2.24, 2.45) is 0 Å². The number of thiophene rings is 1. The lowest BCUT2D eigenvalue weighted by Gasteiger charge is -2.08. The summed E-state index contributed by atoms with van der Waals surface area (Å²) in [7, 11) is 0. The van der Waals surface area contributed by atoms with Gasteiger partial charge in [-0.3, -0.25) is 14.9 Å². The van der Waals surface area contributed by atoms with Crippen molar-refractivity contribution in [2.45, 2.75) is 6.54 Å². The molecule has 9 nitrogen and oxygen atoms in total. The first-order chi connectivity index (χ1) is 14.5. The standard InChI is InChI=1S/C20H17N3O6S/c24-17(23-20(27)21-11-15-6-2-8-28-15)12-29-19(26)13-4-1-5-14(10-13)22-18(25)16-7-3-9-30-16/h1-10H,11-12H2,(H,22,25)(H2,21,23,24,27). The zero-order chi connectivity index (χ0) is 21.3. The number of esters is 1. The molecule has 0 aliphatic heterocycles. The van der Waals surface area contributed by atoms with Crippen LogP contribution < -0.4 is 16.0 Å². The Hall–Kier alpha value is -3.92. The molecule has 0 radical (unpaired) electrons. The van der Waals surface area contributed by atoms with Crippen LogP contribution in [-0.4, -0.2) is 30.4 Å². The van der Waals surface area contributed by atoms with E-state index in [2.05, 4.69) is 10.6 Å². The van der Waals surface area contributed by atoms with Crippen LogP contribution in [0.4, 0.5) is 10.5 Å². The molecular weight excluding hydrogens is 410 g/mol. The van der Waals surface area contributed by atoms with E-state index in [1.807, 2.05) is 5.32 Å². The maximum atomic E-state index is 12.2. The number of amides is 4. The van der Waals surface area contributed by atoms with Gasteiger partial charge >= 0.3 is 12.0 Å². The number of rotatable bonds is 7. The lowest BCUT2D eigenvalue weighted by atomic mass is 10.2. The maximum Gasteiger partial charge on any atom is 0.338 e. The Bertz CT molecular complexity index is 1030. The summed E-state index contributed by atoms with van der Waals surface area (Å²) in [6, 6.07) is 12.1. The highest BCUT2D eigenvalue weighted by Crippen LogP contribution is 2.15. The normalized spacial score (nSPS) is 10.1. The fourth-order valence-electron chi connectivity index (χ4n) is 2.33. The van der Waals surface area contributed by atoms with Crippen LogP contribution >= 0.6 is 11.3 Å². The molecule has 154 valence electrons. The number of benzene rings is 1. The first kappa shape index (κ1) is 20.8. The molecule has 2 aromatic heterocycles. The van der Waals surface area contributed by atoms with E-state index in [9.17, 15) is 19.2 Å². The summed E-state index contributed by atoms with van der Waals surface area (Å²) in [5.41, 5.74) is 0.554. The minimum atomic E-state index is -0.789. The molecule has 0 atom stereocenters. The summed E-state index contributed by atoms with van der Waals surface area (Å²) >= 11 is 1.29. The van der Waals surface area contributed by atoms with E-state index in [0.717, 1.165) is 0 Å². The Morgan fingerprint density at radius 1 is 1.03 bits per heavy atom. The van der Waals surface area contributed by atoms with Crippen molar-refractivity contribution in [1.82, 2.24) is 10.6 Å². The molecule has 0 fully saturated rings. The number of imide groups is 1. The van der Waals surface area contributed by atoms with Crippen LogP contribution in [0.25, 0.3) is 0 Å². The summed E-state index contributed by atoms with van der Waals surface area (Å²) in [6.45, 7) is -0.533. The van der Waals surface area contributed by atoms with Gasteiger partial charge in [-0.15, -0.1) is 11.3 Å². The highest BCUT2D eigenvalue weighted by atomic mass is 32.1. The molecular formula is C20H17N3O6S. The second-order valence-corrected chi connectivity index (χ2v) is 6.85. The number of ether oxygens (including phenoxy) is 1. The number of anilines is 1. The van der Waals surface area contributed by atoms with Gasteiger partial charge in [-0.2, -0.15) is 0 Å². The van der Waals surface area contributed by atoms with Gasteiger partial charge in [0.15, 0.2) is 6.61 Å². The van der Waals surface area contributed by atoms with E-state index < -0.39 is 24.5 Å². The van der Waals surface area contributed by atoms with Crippen LogP contribution in [-0.2, 0) is 16.1 Å². The second-order valence-electron chi connectivity index (χ2n) is 5.90. The molecule has 3 N–H and O–H groups in total. The van der Waals surface area contributed by atoms with Crippen LogP contribution in [0.5, 0.6) is 0 Å². The molecule has 0 unspecified atom stereocenters. The third-order valence-electron chi connectivity index (χ3n) is 3.69. The Labute approximate surface area is 175 Å². The number of hydrogen-bond donors (Lipinski definition) is 3. The fourth-order valence-corrected chi connectivity index (χ4v) is 2.95. The van der Waals surface area contributed by atoms with Gasteiger partial charge in [-0.05, 0) is 41.8 Å². The Morgan fingerprint density at radius 2 is 1.90 bits per heavy atom. The summed E-state index contributed by atoms with van der Waals surface area (Å²) in [5, 5.41) is 8.93. The molecule has 0 spiro atoms. The number of hydrogen-bond acceptors (Lipinski definition) is 7. The Kier molecular flexibility index (Phi) is 6.95. The van der Waals surface area contributed by atoms with Gasteiger partial charge < -0.3 is 19.8 Å². The monoisotopic (exact) mass is 427 g/mol. The molecule has 4 amide bonds. The van der Waals surface area contributed by atoms with Crippen molar-refractivity contribution in [3.8, 4) is 0 Å². The van der Waals surface area contributed by atoms with Crippen LogP contribution in [0.2, 0.25) is 0 Å². The lowest BCUT2D eigenvalue weighted by Crippen LogP contribution is -2.41. The Balaban J connectivity index is 1.45. The molecule has 0 saturated carbocycles. The third kappa shape index (κ3) is 6.04. The first-order valence-corrected chi connectivity index (χ1v) is 9.61. The largest absolute Gasteiger partial charge is 0.467 e. The number of urea groups is 1. The second kappa shape index (κ2) is 10.0. The van der Waals surface area contributed by atoms with E-state index >= 15 is 0 Å². The first-order valence-electron chi connectivity index (χ1n) is 8.73. The van der Waals surface area contributed by atoms with Crippen molar-refractivity contribution in [3.63, 3.8) is 0 Å². The molecule has 0 saturated heterocycles. The average molecular weight is 427 g/mol. The van der Waals surface area contributed by atoms with Crippen molar-refractivity contribution in [1.29, 1.82) is 0 Å². The van der Waals surface area contributed by atoms with E-state index in [4.69, 9.17) is 9.15 Å². The predicted molar refractivity (Wildman–Crippen MR) is 108 cm³/mol. The topological polar surface area (TPSA) is 127 Å². The van der Waals surface area contributed by atoms with E-state index in [0.29, 0.717) is 16.3 Å². The molecule has 3 rings (SSSR count). The zero-order valence-electron chi connectivity index (χ0n) is 15.5. The van der Waals surface area contributed by atoms with Crippen LogP contribution in [0, 0.1) is 0 Å². The zero-order valence-corrected chi connectivity index (χ0v) is 16.4. The van der Waals surface area contributed by atoms with Gasteiger partial charge in [0.2, 0.25) is 0 Å². The van der Waals surface area contributed by atoms with Gasteiger partial charge in [0.25, 0.3) is 11.8 Å². The SMILES string of the molecule is O=C(COC(=O)c1cccc(NC(=O)c2cccs2)c1)NC(=O)NCc1ccco1. The Morgan fingerprint density at radius 3 is 2.63 bits per heavy atom. The maximum absolute atomic E-state index is 12.2. The van der Waals surface area contributed by atoms with Gasteiger partial charge in [-0.1, -0.05) is 12.1 Å². The molecule has 0 aliphatic carbocycles. The smallest absolute Gasteiger partial charge is 0.338 e. The average Bonchev–Trinajstić information content (AvgIpc) is 3.45. The van der Waals surface area contributed by atoms with Gasteiger partial charge in [0.1, 0.15) is 5.76 Å². The summed E-state index contributed by atoms with van der Waals surface area (Å²) in [5.74, 6) is -1.33. The summed E-state index contributed by atoms with van der Waals surface area (Å²) in [6.07, 6.45) is 1.46. The van der Waals surface area contributed by atoms with Crippen LogP contribution in [0.15, 0.2) is 64.6 Å².